The minimum Gasteiger partial charge on any atom is -0.486 e. The van der Waals surface area contributed by atoms with Crippen LogP contribution in [-0.2, 0) is 0 Å². The molecule has 0 bridgehead atoms. The monoisotopic (exact) mass is 434 g/mol. The Hall–Kier alpha value is -3.48. The molecule has 7 heteroatoms. The van der Waals surface area contributed by atoms with Crippen LogP contribution in [0.15, 0.2) is 68.4 Å². The maximum atomic E-state index is 12.4. The van der Waals surface area contributed by atoms with Crippen LogP contribution in [0.25, 0.3) is 22.4 Å². The molecule has 0 amide bonds. The summed E-state index contributed by atoms with van der Waals surface area (Å²) in [4.78, 5) is 12.4. The van der Waals surface area contributed by atoms with Crippen LogP contribution in [0.3, 0.4) is 0 Å². The minimum absolute atomic E-state index is 0.201. The zero-order valence-corrected chi connectivity index (χ0v) is 19.1. The number of nitrogens with zero attached hydrogens (tertiary/aromatic N) is 3. The summed E-state index contributed by atoms with van der Waals surface area (Å²) in [5.41, 5.74) is 4.19. The molecule has 1 N–H and O–H groups in total. The first kappa shape index (κ1) is 23.2. The van der Waals surface area contributed by atoms with Gasteiger partial charge in [-0.05, 0) is 76.8 Å². The van der Waals surface area contributed by atoms with Gasteiger partial charge in [-0.15, -0.1) is 10.2 Å². The van der Waals surface area contributed by atoms with Crippen molar-refractivity contribution in [1.29, 1.82) is 0 Å². The predicted octanol–water partition coefficient (Wildman–Crippen LogP) is 5.77. The standard InChI is InChI=1S/C25H30N4O3/c1-17(2)8-5-9-18(3)10-6-11-19(4)14-15-31-22-13-7-12-20-16-21(24-26-28-29-27-24)25(30)32-23(20)22/h7-8,10,12-14,16H,5-6,9,11,15H2,1-4H3,(H,26,27,28,29). The fourth-order valence-corrected chi connectivity index (χ4v) is 3.28. The van der Waals surface area contributed by atoms with Gasteiger partial charge in [0.2, 0.25) is 5.82 Å². The molecular formula is C25H30N4O3. The number of hydrogen-bond donors (Lipinski definition) is 1. The van der Waals surface area contributed by atoms with Gasteiger partial charge in [-0.2, -0.15) is 5.21 Å². The molecule has 0 aliphatic heterocycles. The van der Waals surface area contributed by atoms with Crippen molar-refractivity contribution in [3.05, 3.63) is 69.6 Å². The Morgan fingerprint density at radius 1 is 1.06 bits per heavy atom. The number of ether oxygens (including phenoxy) is 1. The van der Waals surface area contributed by atoms with Crippen molar-refractivity contribution in [3.63, 3.8) is 0 Å². The average molecular weight is 435 g/mol. The maximum absolute atomic E-state index is 12.4. The summed E-state index contributed by atoms with van der Waals surface area (Å²) in [5, 5.41) is 14.3. The maximum Gasteiger partial charge on any atom is 0.347 e. The van der Waals surface area contributed by atoms with Crippen LogP contribution < -0.4 is 10.4 Å². The topological polar surface area (TPSA) is 93.9 Å². The molecule has 3 aromatic rings. The molecule has 3 rings (SSSR count). The van der Waals surface area contributed by atoms with Crippen molar-refractivity contribution < 1.29 is 9.15 Å². The average Bonchev–Trinajstić information content (AvgIpc) is 3.28. The smallest absolute Gasteiger partial charge is 0.347 e. The molecule has 0 unspecified atom stereocenters. The molecule has 0 atom stereocenters. The first-order valence-corrected chi connectivity index (χ1v) is 10.8. The lowest BCUT2D eigenvalue weighted by atomic mass is 10.1. The number of rotatable bonds is 10. The van der Waals surface area contributed by atoms with Crippen LogP contribution >= 0.6 is 0 Å². The first-order chi connectivity index (χ1) is 15.4. The second kappa shape index (κ2) is 11.2. The number of nitrogens with one attached hydrogen (secondary N) is 1. The van der Waals surface area contributed by atoms with Crippen molar-refractivity contribution >= 4 is 11.0 Å². The summed E-state index contributed by atoms with van der Waals surface area (Å²) in [6.45, 7) is 8.98. The lowest BCUT2D eigenvalue weighted by Crippen LogP contribution is -2.05. The number of benzene rings is 1. The van der Waals surface area contributed by atoms with Crippen molar-refractivity contribution in [3.8, 4) is 17.1 Å². The SMILES string of the molecule is CC(C)=CCCC(C)=CCCC(C)=CCOc1cccc2cc(-c3nn[nH]n3)c(=O)oc12. The third-order valence-corrected chi connectivity index (χ3v) is 5.10. The molecule has 0 radical (unpaired) electrons. The number of aromatic amines is 1. The van der Waals surface area contributed by atoms with Crippen LogP contribution in [0.5, 0.6) is 5.75 Å². The van der Waals surface area contributed by atoms with Gasteiger partial charge in [0.15, 0.2) is 11.3 Å². The van der Waals surface area contributed by atoms with Crippen LogP contribution in [0.1, 0.15) is 53.4 Å². The molecular weight excluding hydrogens is 404 g/mol. The molecule has 0 aliphatic rings. The Labute approximate surface area is 187 Å². The summed E-state index contributed by atoms with van der Waals surface area (Å²) >= 11 is 0. The third-order valence-electron chi connectivity index (χ3n) is 5.10. The van der Waals surface area contributed by atoms with E-state index in [9.17, 15) is 4.79 Å². The normalized spacial score (nSPS) is 12.2. The van der Waals surface area contributed by atoms with E-state index in [0.29, 0.717) is 17.9 Å². The van der Waals surface area contributed by atoms with Gasteiger partial charge in [0.05, 0.1) is 0 Å². The number of aromatic nitrogens is 4. The van der Waals surface area contributed by atoms with Gasteiger partial charge >= 0.3 is 5.63 Å². The molecule has 0 saturated heterocycles. The van der Waals surface area contributed by atoms with Gasteiger partial charge in [-0.1, -0.05) is 41.0 Å². The van der Waals surface area contributed by atoms with Crippen LogP contribution in [0, 0.1) is 0 Å². The van der Waals surface area contributed by atoms with E-state index in [2.05, 4.69) is 66.5 Å². The highest BCUT2D eigenvalue weighted by Crippen LogP contribution is 2.26. The molecule has 0 fully saturated rings. The van der Waals surface area contributed by atoms with E-state index in [1.807, 2.05) is 12.1 Å². The van der Waals surface area contributed by atoms with Crippen molar-refractivity contribution in [1.82, 2.24) is 20.6 Å². The quantitative estimate of drug-likeness (QED) is 0.321. The summed E-state index contributed by atoms with van der Waals surface area (Å²) < 4.78 is 11.4. The van der Waals surface area contributed by atoms with E-state index in [-0.39, 0.29) is 11.4 Å². The zero-order chi connectivity index (χ0) is 22.9. The van der Waals surface area contributed by atoms with Gasteiger partial charge in [-0.3, -0.25) is 0 Å². The van der Waals surface area contributed by atoms with Crippen molar-refractivity contribution in [2.45, 2.75) is 53.4 Å². The molecule has 168 valence electrons. The lowest BCUT2D eigenvalue weighted by molar-refractivity contribution is 0.357. The van der Waals surface area contributed by atoms with Gasteiger partial charge < -0.3 is 9.15 Å². The summed E-state index contributed by atoms with van der Waals surface area (Å²) in [6, 6.07) is 7.19. The zero-order valence-electron chi connectivity index (χ0n) is 19.1. The Morgan fingerprint density at radius 2 is 1.81 bits per heavy atom. The molecule has 0 saturated carbocycles. The number of para-hydroxylation sites is 1. The van der Waals surface area contributed by atoms with E-state index < -0.39 is 5.63 Å². The Morgan fingerprint density at radius 3 is 2.53 bits per heavy atom. The van der Waals surface area contributed by atoms with Crippen LogP contribution in [0.2, 0.25) is 0 Å². The van der Waals surface area contributed by atoms with Crippen LogP contribution in [-0.4, -0.2) is 27.2 Å². The highest BCUT2D eigenvalue weighted by Gasteiger charge is 2.14. The van der Waals surface area contributed by atoms with Gasteiger partial charge in [0, 0.05) is 5.39 Å². The molecule has 2 aromatic heterocycles. The van der Waals surface area contributed by atoms with Crippen molar-refractivity contribution in [2.24, 2.45) is 0 Å². The number of tetrazole rings is 1. The summed E-state index contributed by atoms with van der Waals surface area (Å²) in [5.74, 6) is 0.727. The van der Waals surface area contributed by atoms with E-state index in [1.54, 1.807) is 12.1 Å². The minimum atomic E-state index is -0.534. The number of H-pyrrole nitrogens is 1. The summed E-state index contributed by atoms with van der Waals surface area (Å²) in [7, 11) is 0. The van der Waals surface area contributed by atoms with Gasteiger partial charge in [0.1, 0.15) is 12.2 Å². The molecule has 0 spiro atoms. The number of hydrogen-bond acceptors (Lipinski definition) is 6. The largest absolute Gasteiger partial charge is 0.486 e. The second-order valence-corrected chi connectivity index (χ2v) is 8.13. The molecule has 1 aromatic carbocycles. The first-order valence-electron chi connectivity index (χ1n) is 10.8. The number of allylic oxidation sites excluding steroid dienone is 5. The Bertz CT molecular complexity index is 1180. The Balaban J connectivity index is 1.59. The highest BCUT2D eigenvalue weighted by atomic mass is 16.5. The molecule has 32 heavy (non-hydrogen) atoms. The third kappa shape index (κ3) is 6.51. The molecule has 2 heterocycles. The fourth-order valence-electron chi connectivity index (χ4n) is 3.28. The van der Waals surface area contributed by atoms with E-state index in [0.717, 1.165) is 31.1 Å². The molecule has 7 nitrogen and oxygen atoms in total. The van der Waals surface area contributed by atoms with Gasteiger partial charge in [0.25, 0.3) is 0 Å². The Kier molecular flexibility index (Phi) is 8.14. The summed E-state index contributed by atoms with van der Waals surface area (Å²) in [6.07, 6.45) is 10.9. The number of fused-ring (bicyclic) bond motifs is 1. The fraction of sp³-hybridized carbons (Fsp3) is 0.360. The predicted molar refractivity (Wildman–Crippen MR) is 127 cm³/mol. The van der Waals surface area contributed by atoms with E-state index in [4.69, 9.17) is 9.15 Å². The second-order valence-electron chi connectivity index (χ2n) is 8.13. The molecule has 0 aliphatic carbocycles. The highest BCUT2D eigenvalue weighted by molar-refractivity contribution is 5.85. The van der Waals surface area contributed by atoms with Gasteiger partial charge in [-0.25, -0.2) is 4.79 Å². The van der Waals surface area contributed by atoms with E-state index in [1.165, 1.54) is 16.7 Å². The lowest BCUT2D eigenvalue weighted by Gasteiger charge is -2.07. The van der Waals surface area contributed by atoms with Crippen LogP contribution in [0.4, 0.5) is 0 Å². The van der Waals surface area contributed by atoms with E-state index >= 15 is 0 Å². The van der Waals surface area contributed by atoms with Crippen molar-refractivity contribution in [2.75, 3.05) is 6.61 Å².